The van der Waals surface area contributed by atoms with Crippen LogP contribution >= 0.6 is 11.8 Å². The largest absolute Gasteiger partial charge is 0.396 e. The first-order valence-electron chi connectivity index (χ1n) is 7.87. The fourth-order valence-corrected chi connectivity index (χ4v) is 3.09. The lowest BCUT2D eigenvalue weighted by molar-refractivity contribution is 0.0936. The summed E-state index contributed by atoms with van der Waals surface area (Å²) in [5.74, 6) is 0.830. The molecule has 0 spiro atoms. The van der Waals surface area contributed by atoms with Gasteiger partial charge in [0.15, 0.2) is 0 Å². The van der Waals surface area contributed by atoms with Crippen LogP contribution in [0.5, 0.6) is 0 Å². The third-order valence-corrected chi connectivity index (χ3v) is 4.62. The molecule has 0 aliphatic rings. The molecular formula is C19H23NO2S. The van der Waals surface area contributed by atoms with E-state index in [9.17, 15) is 4.79 Å². The Bertz CT molecular complexity index is 599. The van der Waals surface area contributed by atoms with E-state index in [0.29, 0.717) is 12.0 Å². The van der Waals surface area contributed by atoms with Gasteiger partial charge >= 0.3 is 0 Å². The van der Waals surface area contributed by atoms with E-state index in [1.807, 2.05) is 49.4 Å². The summed E-state index contributed by atoms with van der Waals surface area (Å²) < 4.78 is 0. The smallest absolute Gasteiger partial charge is 0.251 e. The third-order valence-electron chi connectivity index (χ3n) is 3.54. The van der Waals surface area contributed by atoms with Gasteiger partial charge in [-0.15, -0.1) is 11.8 Å². The monoisotopic (exact) mass is 329 g/mol. The van der Waals surface area contributed by atoms with Gasteiger partial charge in [0.05, 0.1) is 0 Å². The van der Waals surface area contributed by atoms with Gasteiger partial charge in [0.1, 0.15) is 0 Å². The maximum Gasteiger partial charge on any atom is 0.251 e. The zero-order chi connectivity index (χ0) is 16.5. The number of carbonyl (C=O) groups excluding carboxylic acids is 1. The summed E-state index contributed by atoms with van der Waals surface area (Å²) in [7, 11) is 0. The fraction of sp³-hybridized carbons (Fsp3) is 0.316. The summed E-state index contributed by atoms with van der Waals surface area (Å²) in [5.41, 5.74) is 1.87. The van der Waals surface area contributed by atoms with Crippen LogP contribution in [-0.4, -0.2) is 23.7 Å². The Morgan fingerprint density at radius 3 is 2.48 bits per heavy atom. The number of carbonyl (C=O) groups is 1. The number of hydrogen-bond donors (Lipinski definition) is 2. The van der Waals surface area contributed by atoms with E-state index >= 15 is 0 Å². The summed E-state index contributed by atoms with van der Waals surface area (Å²) in [6.07, 6.45) is 1.49. The summed E-state index contributed by atoms with van der Waals surface area (Å²) >= 11 is 1.78. The maximum absolute atomic E-state index is 12.1. The van der Waals surface area contributed by atoms with Gasteiger partial charge in [-0.1, -0.05) is 30.3 Å². The molecule has 0 aliphatic carbocycles. The Kier molecular flexibility index (Phi) is 7.17. The van der Waals surface area contributed by atoms with Gasteiger partial charge in [-0.3, -0.25) is 4.79 Å². The maximum atomic E-state index is 12.1. The number of amides is 1. The van der Waals surface area contributed by atoms with E-state index in [0.717, 1.165) is 12.2 Å². The molecule has 0 bridgehead atoms. The second-order valence-electron chi connectivity index (χ2n) is 5.54. The van der Waals surface area contributed by atoms with Crippen molar-refractivity contribution in [3.05, 3.63) is 65.7 Å². The van der Waals surface area contributed by atoms with E-state index in [-0.39, 0.29) is 18.6 Å². The SMILES string of the molecule is CC(CCCO)NC(=O)c1ccc(CSc2ccccc2)cc1. The molecule has 0 saturated carbocycles. The summed E-state index contributed by atoms with van der Waals surface area (Å²) in [6.45, 7) is 2.12. The highest BCUT2D eigenvalue weighted by Crippen LogP contribution is 2.22. The topological polar surface area (TPSA) is 49.3 Å². The molecule has 4 heteroatoms. The number of aliphatic hydroxyl groups excluding tert-OH is 1. The zero-order valence-corrected chi connectivity index (χ0v) is 14.2. The highest BCUT2D eigenvalue weighted by molar-refractivity contribution is 7.98. The Balaban J connectivity index is 1.85. The molecule has 122 valence electrons. The number of rotatable bonds is 8. The normalized spacial score (nSPS) is 11.9. The van der Waals surface area contributed by atoms with Gasteiger partial charge in [0.25, 0.3) is 5.91 Å². The molecule has 0 heterocycles. The van der Waals surface area contributed by atoms with Crippen LogP contribution in [0.4, 0.5) is 0 Å². The van der Waals surface area contributed by atoms with Crippen molar-refractivity contribution >= 4 is 17.7 Å². The molecule has 2 aromatic carbocycles. The molecule has 1 atom stereocenters. The van der Waals surface area contributed by atoms with Crippen LogP contribution in [0.25, 0.3) is 0 Å². The first-order chi connectivity index (χ1) is 11.2. The number of aliphatic hydroxyl groups is 1. The van der Waals surface area contributed by atoms with Crippen molar-refractivity contribution in [3.63, 3.8) is 0 Å². The van der Waals surface area contributed by atoms with Crippen LogP contribution < -0.4 is 5.32 Å². The number of nitrogens with one attached hydrogen (secondary N) is 1. The average Bonchev–Trinajstić information content (AvgIpc) is 2.59. The molecule has 2 N–H and O–H groups in total. The van der Waals surface area contributed by atoms with Gasteiger partial charge in [0.2, 0.25) is 0 Å². The lowest BCUT2D eigenvalue weighted by Gasteiger charge is -2.13. The molecule has 1 amide bonds. The first kappa shape index (κ1) is 17.6. The van der Waals surface area contributed by atoms with E-state index in [2.05, 4.69) is 17.4 Å². The molecule has 1 unspecified atom stereocenters. The summed E-state index contributed by atoms with van der Waals surface area (Å²) in [6, 6.07) is 18.1. The first-order valence-corrected chi connectivity index (χ1v) is 8.86. The molecule has 2 rings (SSSR count). The number of benzene rings is 2. The molecular weight excluding hydrogens is 306 g/mol. The summed E-state index contributed by atoms with van der Waals surface area (Å²) in [5, 5.41) is 11.8. The minimum Gasteiger partial charge on any atom is -0.396 e. The fourth-order valence-electron chi connectivity index (χ4n) is 2.21. The van der Waals surface area contributed by atoms with E-state index in [1.54, 1.807) is 11.8 Å². The van der Waals surface area contributed by atoms with Crippen molar-refractivity contribution in [1.29, 1.82) is 0 Å². The third kappa shape index (κ3) is 6.08. The zero-order valence-electron chi connectivity index (χ0n) is 13.4. The van der Waals surface area contributed by atoms with Gasteiger partial charge < -0.3 is 10.4 Å². The Morgan fingerprint density at radius 2 is 1.83 bits per heavy atom. The van der Waals surface area contributed by atoms with Crippen LogP contribution in [0, 0.1) is 0 Å². The number of thioether (sulfide) groups is 1. The summed E-state index contributed by atoms with van der Waals surface area (Å²) in [4.78, 5) is 13.4. The molecule has 3 nitrogen and oxygen atoms in total. The van der Waals surface area contributed by atoms with Crippen LogP contribution in [-0.2, 0) is 5.75 Å². The average molecular weight is 329 g/mol. The molecule has 23 heavy (non-hydrogen) atoms. The standard InChI is InChI=1S/C19H23NO2S/c1-15(6-5-13-21)20-19(22)17-11-9-16(10-12-17)14-23-18-7-3-2-4-8-18/h2-4,7-12,15,21H,5-6,13-14H2,1H3,(H,20,22). The molecule has 0 saturated heterocycles. The molecule has 0 fully saturated rings. The van der Waals surface area contributed by atoms with Gasteiger partial charge in [-0.2, -0.15) is 0 Å². The highest BCUT2D eigenvalue weighted by Gasteiger charge is 2.09. The predicted octanol–water partition coefficient (Wildman–Crippen LogP) is 3.87. The molecule has 0 aliphatic heterocycles. The Morgan fingerprint density at radius 1 is 1.13 bits per heavy atom. The van der Waals surface area contributed by atoms with E-state index in [1.165, 1.54) is 10.5 Å². The van der Waals surface area contributed by atoms with Crippen molar-refractivity contribution in [2.75, 3.05) is 6.61 Å². The Hall–Kier alpha value is -1.78. The van der Waals surface area contributed by atoms with Crippen molar-refractivity contribution in [2.24, 2.45) is 0 Å². The molecule has 0 radical (unpaired) electrons. The van der Waals surface area contributed by atoms with Crippen LogP contribution in [0.15, 0.2) is 59.5 Å². The van der Waals surface area contributed by atoms with E-state index in [4.69, 9.17) is 5.11 Å². The van der Waals surface area contributed by atoms with Crippen molar-refractivity contribution in [2.45, 2.75) is 36.5 Å². The lowest BCUT2D eigenvalue weighted by atomic mass is 10.1. The van der Waals surface area contributed by atoms with Gasteiger partial charge in [0, 0.05) is 28.9 Å². The minimum absolute atomic E-state index is 0.0577. The molecule has 2 aromatic rings. The molecule has 0 aromatic heterocycles. The van der Waals surface area contributed by atoms with E-state index < -0.39 is 0 Å². The van der Waals surface area contributed by atoms with Gasteiger partial charge in [-0.25, -0.2) is 0 Å². The van der Waals surface area contributed by atoms with Crippen molar-refractivity contribution in [3.8, 4) is 0 Å². The predicted molar refractivity (Wildman–Crippen MR) is 95.7 cm³/mol. The quantitative estimate of drug-likeness (QED) is 0.723. The Labute approximate surface area is 142 Å². The van der Waals surface area contributed by atoms with Crippen molar-refractivity contribution in [1.82, 2.24) is 5.32 Å². The minimum atomic E-state index is -0.0577. The van der Waals surface area contributed by atoms with Crippen molar-refractivity contribution < 1.29 is 9.90 Å². The van der Waals surface area contributed by atoms with Crippen LogP contribution in [0.3, 0.4) is 0 Å². The van der Waals surface area contributed by atoms with Gasteiger partial charge in [-0.05, 0) is 49.6 Å². The second kappa shape index (κ2) is 9.38. The lowest BCUT2D eigenvalue weighted by Crippen LogP contribution is -2.32. The number of hydrogen-bond acceptors (Lipinski definition) is 3. The second-order valence-corrected chi connectivity index (χ2v) is 6.59. The highest BCUT2D eigenvalue weighted by atomic mass is 32.2. The van der Waals surface area contributed by atoms with Crippen LogP contribution in [0.2, 0.25) is 0 Å². The van der Waals surface area contributed by atoms with Crippen LogP contribution in [0.1, 0.15) is 35.7 Å².